The molecule has 0 radical (unpaired) electrons. The fraction of sp³-hybridized carbons (Fsp3) is 0.118. The molecule has 0 saturated heterocycles. The van der Waals surface area contributed by atoms with Gasteiger partial charge in [-0.2, -0.15) is 0 Å². The Kier molecular flexibility index (Phi) is 4.87. The number of thioether (sulfide) groups is 1. The van der Waals surface area contributed by atoms with Gasteiger partial charge in [0.2, 0.25) is 5.91 Å². The summed E-state index contributed by atoms with van der Waals surface area (Å²) < 4.78 is 1.90. The lowest BCUT2D eigenvalue weighted by Gasteiger charge is -2.10. The molecular weight excluding hydrogens is 344 g/mol. The van der Waals surface area contributed by atoms with E-state index in [9.17, 15) is 4.79 Å². The quantitative estimate of drug-likeness (QED) is 0.709. The number of hydrogen-bond acceptors (Lipinski definition) is 4. The number of nitrogens with zero attached hydrogens (tertiary/aromatic N) is 3. The minimum absolute atomic E-state index is 0.138. The summed E-state index contributed by atoms with van der Waals surface area (Å²) in [6.07, 6.45) is 0. The predicted octanol–water partition coefficient (Wildman–Crippen LogP) is 3.47. The number of aromatic nitrogens is 3. The standard InChI is InChI=1S/C17H15ClN4OS/c1-11-5-7-14(8-6-11)22-16(12-3-2-4-13(18)9-12)20-21-17(22)24-10-15(19)23/h2-9H,10H2,1H3,(H2,19,23). The molecule has 3 rings (SSSR count). The second kappa shape index (κ2) is 7.07. The van der Waals surface area contributed by atoms with Gasteiger partial charge in [0.15, 0.2) is 11.0 Å². The van der Waals surface area contributed by atoms with E-state index < -0.39 is 5.91 Å². The zero-order valence-corrected chi connectivity index (χ0v) is 14.5. The SMILES string of the molecule is Cc1ccc(-n2c(SCC(N)=O)nnc2-c2cccc(Cl)c2)cc1. The first-order valence-electron chi connectivity index (χ1n) is 7.24. The first-order valence-corrected chi connectivity index (χ1v) is 8.60. The molecule has 0 aliphatic heterocycles. The zero-order valence-electron chi connectivity index (χ0n) is 12.9. The molecule has 0 fully saturated rings. The first-order chi connectivity index (χ1) is 11.5. The van der Waals surface area contributed by atoms with E-state index in [4.69, 9.17) is 17.3 Å². The summed E-state index contributed by atoms with van der Waals surface area (Å²) in [5.41, 5.74) is 8.17. The molecule has 0 bridgehead atoms. The molecule has 0 spiro atoms. The highest BCUT2D eigenvalue weighted by Gasteiger charge is 2.17. The number of nitrogens with two attached hydrogens (primary N) is 1. The fourth-order valence-electron chi connectivity index (χ4n) is 2.24. The van der Waals surface area contributed by atoms with Crippen LogP contribution in [0.25, 0.3) is 17.1 Å². The van der Waals surface area contributed by atoms with Crippen molar-refractivity contribution in [2.45, 2.75) is 12.1 Å². The third kappa shape index (κ3) is 3.60. The van der Waals surface area contributed by atoms with Gasteiger partial charge in [-0.15, -0.1) is 10.2 Å². The van der Waals surface area contributed by atoms with E-state index in [1.165, 1.54) is 11.8 Å². The molecule has 7 heteroatoms. The maximum atomic E-state index is 11.1. The van der Waals surface area contributed by atoms with E-state index in [1.807, 2.05) is 54.0 Å². The summed E-state index contributed by atoms with van der Waals surface area (Å²) in [5, 5.41) is 9.73. The maximum Gasteiger partial charge on any atom is 0.227 e. The molecule has 5 nitrogen and oxygen atoms in total. The van der Waals surface area contributed by atoms with Crippen LogP contribution in [0.1, 0.15) is 5.56 Å². The van der Waals surface area contributed by atoms with Crippen molar-refractivity contribution in [3.05, 3.63) is 59.1 Å². The molecule has 0 aliphatic carbocycles. The van der Waals surface area contributed by atoms with Crippen LogP contribution < -0.4 is 5.73 Å². The van der Waals surface area contributed by atoms with Crippen molar-refractivity contribution in [3.8, 4) is 17.1 Å². The summed E-state index contributed by atoms with van der Waals surface area (Å²) in [4.78, 5) is 11.1. The van der Waals surface area contributed by atoms with Gasteiger partial charge >= 0.3 is 0 Å². The average molecular weight is 359 g/mol. The summed E-state index contributed by atoms with van der Waals surface area (Å²) in [6, 6.07) is 15.4. The fourth-order valence-corrected chi connectivity index (χ4v) is 3.12. The van der Waals surface area contributed by atoms with Crippen LogP contribution in [-0.4, -0.2) is 26.4 Å². The first kappa shape index (κ1) is 16.5. The predicted molar refractivity (Wildman–Crippen MR) is 96.5 cm³/mol. The monoisotopic (exact) mass is 358 g/mol. The Balaban J connectivity index is 2.12. The smallest absolute Gasteiger partial charge is 0.227 e. The molecule has 0 aliphatic rings. The second-order valence-corrected chi connectivity index (χ2v) is 6.62. The van der Waals surface area contributed by atoms with Gasteiger partial charge in [0.1, 0.15) is 0 Å². The highest BCUT2D eigenvalue weighted by Crippen LogP contribution is 2.29. The minimum atomic E-state index is -0.400. The molecule has 0 unspecified atom stereocenters. The molecule has 1 aromatic heterocycles. The molecule has 1 heterocycles. The van der Waals surface area contributed by atoms with E-state index in [0.717, 1.165) is 16.8 Å². The molecule has 24 heavy (non-hydrogen) atoms. The van der Waals surface area contributed by atoms with Gasteiger partial charge < -0.3 is 5.73 Å². The van der Waals surface area contributed by atoms with Crippen molar-refractivity contribution in [1.82, 2.24) is 14.8 Å². The highest BCUT2D eigenvalue weighted by molar-refractivity contribution is 7.99. The maximum absolute atomic E-state index is 11.1. The van der Waals surface area contributed by atoms with Crippen LogP contribution in [0.15, 0.2) is 53.7 Å². The van der Waals surface area contributed by atoms with E-state index in [2.05, 4.69) is 10.2 Å². The third-order valence-electron chi connectivity index (χ3n) is 3.35. The van der Waals surface area contributed by atoms with Gasteiger partial charge in [-0.05, 0) is 31.2 Å². The number of carbonyl (C=O) groups excluding carboxylic acids is 1. The zero-order chi connectivity index (χ0) is 17.1. The lowest BCUT2D eigenvalue weighted by atomic mass is 10.2. The van der Waals surface area contributed by atoms with Gasteiger partial charge in [-0.1, -0.05) is 53.2 Å². The molecule has 2 N–H and O–H groups in total. The van der Waals surface area contributed by atoms with E-state index >= 15 is 0 Å². The Bertz CT molecular complexity index is 877. The Morgan fingerprint density at radius 3 is 2.62 bits per heavy atom. The number of rotatable bonds is 5. The van der Waals surface area contributed by atoms with E-state index in [-0.39, 0.29) is 5.75 Å². The van der Waals surface area contributed by atoms with Crippen LogP contribution in [-0.2, 0) is 4.79 Å². The lowest BCUT2D eigenvalue weighted by molar-refractivity contribution is -0.115. The van der Waals surface area contributed by atoms with E-state index in [1.54, 1.807) is 6.07 Å². The number of amides is 1. The Hall–Kier alpha value is -2.31. The van der Waals surface area contributed by atoms with Crippen LogP contribution in [0, 0.1) is 6.92 Å². The van der Waals surface area contributed by atoms with Gasteiger partial charge in [-0.3, -0.25) is 9.36 Å². The summed E-state index contributed by atoms with van der Waals surface area (Å²) >= 11 is 7.36. The molecule has 0 saturated carbocycles. The molecule has 0 atom stereocenters. The molecule has 122 valence electrons. The molecule has 2 aromatic carbocycles. The normalized spacial score (nSPS) is 10.8. The lowest BCUT2D eigenvalue weighted by Crippen LogP contribution is -2.13. The largest absolute Gasteiger partial charge is 0.369 e. The van der Waals surface area contributed by atoms with Crippen LogP contribution in [0.3, 0.4) is 0 Å². The molecular formula is C17H15ClN4OS. The number of primary amides is 1. The number of benzene rings is 2. The number of hydrogen-bond donors (Lipinski definition) is 1. The van der Waals surface area contributed by atoms with Crippen LogP contribution in [0.2, 0.25) is 5.02 Å². The Morgan fingerprint density at radius 1 is 1.21 bits per heavy atom. The summed E-state index contributed by atoms with van der Waals surface area (Å²) in [7, 11) is 0. The number of aryl methyl sites for hydroxylation is 1. The average Bonchev–Trinajstić information content (AvgIpc) is 2.97. The van der Waals surface area contributed by atoms with Crippen molar-refractivity contribution in [2.75, 3.05) is 5.75 Å². The van der Waals surface area contributed by atoms with Crippen molar-refractivity contribution < 1.29 is 4.79 Å². The Morgan fingerprint density at radius 2 is 1.96 bits per heavy atom. The molecule has 3 aromatic rings. The van der Waals surface area contributed by atoms with Crippen LogP contribution in [0.5, 0.6) is 0 Å². The van der Waals surface area contributed by atoms with Crippen LogP contribution in [0.4, 0.5) is 0 Å². The summed E-state index contributed by atoms with van der Waals surface area (Å²) in [6.45, 7) is 2.02. The second-order valence-electron chi connectivity index (χ2n) is 5.24. The molecule has 1 amide bonds. The minimum Gasteiger partial charge on any atom is -0.369 e. The van der Waals surface area contributed by atoms with Gasteiger partial charge in [0, 0.05) is 16.3 Å². The van der Waals surface area contributed by atoms with Gasteiger partial charge in [0.05, 0.1) is 5.75 Å². The van der Waals surface area contributed by atoms with Gasteiger partial charge in [0.25, 0.3) is 0 Å². The van der Waals surface area contributed by atoms with E-state index in [0.29, 0.717) is 16.0 Å². The van der Waals surface area contributed by atoms with Crippen LogP contribution >= 0.6 is 23.4 Å². The van der Waals surface area contributed by atoms with Crippen molar-refractivity contribution >= 4 is 29.3 Å². The highest BCUT2D eigenvalue weighted by atomic mass is 35.5. The number of halogens is 1. The number of carbonyl (C=O) groups is 1. The third-order valence-corrected chi connectivity index (χ3v) is 4.54. The van der Waals surface area contributed by atoms with Crippen molar-refractivity contribution in [1.29, 1.82) is 0 Å². The summed E-state index contributed by atoms with van der Waals surface area (Å²) in [5.74, 6) is 0.399. The Labute approximate surface area is 148 Å². The van der Waals surface area contributed by atoms with Crippen molar-refractivity contribution in [3.63, 3.8) is 0 Å². The van der Waals surface area contributed by atoms with Crippen molar-refractivity contribution in [2.24, 2.45) is 5.73 Å². The topological polar surface area (TPSA) is 73.8 Å². The van der Waals surface area contributed by atoms with Gasteiger partial charge in [-0.25, -0.2) is 0 Å².